The first-order chi connectivity index (χ1) is 15.8. The third-order valence-electron chi connectivity index (χ3n) is 5.69. The first-order valence-electron chi connectivity index (χ1n) is 10.8. The van der Waals surface area contributed by atoms with Gasteiger partial charge in [0, 0.05) is 6.04 Å². The first-order valence-corrected chi connectivity index (χ1v) is 10.8. The lowest BCUT2D eigenvalue weighted by Crippen LogP contribution is -2.23. The number of carbonyl (C=O) groups is 1. The number of alkyl halides is 3. The Morgan fingerprint density at radius 3 is 2.33 bits per heavy atom. The molecule has 1 aliphatic rings. The van der Waals surface area contributed by atoms with E-state index < -0.39 is 23.8 Å². The van der Waals surface area contributed by atoms with E-state index in [1.54, 1.807) is 30.3 Å². The van der Waals surface area contributed by atoms with E-state index in [0.717, 1.165) is 12.0 Å². The summed E-state index contributed by atoms with van der Waals surface area (Å²) in [6, 6.07) is 18.4. The van der Waals surface area contributed by atoms with Crippen molar-refractivity contribution in [2.75, 3.05) is 6.54 Å². The Morgan fingerprint density at radius 2 is 1.73 bits per heavy atom. The predicted octanol–water partition coefficient (Wildman–Crippen LogP) is 6.24. The van der Waals surface area contributed by atoms with Gasteiger partial charge in [-0.1, -0.05) is 48.5 Å². The number of hydrogen-bond donors (Lipinski definition) is 1. The highest BCUT2D eigenvalue weighted by Gasteiger charge is 2.40. The monoisotopic (exact) mass is 455 g/mol. The van der Waals surface area contributed by atoms with Gasteiger partial charge < -0.3 is 14.8 Å². The third kappa shape index (κ3) is 5.20. The van der Waals surface area contributed by atoms with Crippen LogP contribution in [0.15, 0.2) is 66.7 Å². The molecule has 0 aliphatic carbocycles. The lowest BCUT2D eigenvalue weighted by molar-refractivity contribution is -0.138. The minimum Gasteiger partial charge on any atom is -0.488 e. The van der Waals surface area contributed by atoms with E-state index in [0.29, 0.717) is 13.0 Å². The Hall–Kier alpha value is -3.32. The molecule has 0 aromatic heterocycles. The second-order valence-electron chi connectivity index (χ2n) is 7.96. The molecule has 0 spiro atoms. The summed E-state index contributed by atoms with van der Waals surface area (Å²) in [4.78, 5) is 13.1. The highest BCUT2D eigenvalue weighted by atomic mass is 19.4. The standard InChI is InChI=1S/C26H24F3NO3/c1-17-23(25(31)33-19-11-6-3-7-12-19)22(32-16-18-9-4-2-5-10-18)15-20(21-13-8-14-30-21)24(17)26(27,28)29/h2-7,9-12,15,21,30H,8,13-14,16H2,1H3. The van der Waals surface area contributed by atoms with Crippen molar-refractivity contribution in [3.8, 4) is 11.5 Å². The number of carbonyl (C=O) groups excluding carboxylic acids is 1. The fourth-order valence-corrected chi connectivity index (χ4v) is 4.16. The molecule has 4 nitrogen and oxygen atoms in total. The van der Waals surface area contributed by atoms with Gasteiger partial charge in [0.05, 0.1) is 5.56 Å². The Kier molecular flexibility index (Phi) is 6.70. The molecule has 0 amide bonds. The van der Waals surface area contributed by atoms with E-state index in [2.05, 4.69) is 5.32 Å². The Labute approximate surface area is 190 Å². The summed E-state index contributed by atoms with van der Waals surface area (Å²) >= 11 is 0. The van der Waals surface area contributed by atoms with Crippen LogP contribution in [-0.2, 0) is 12.8 Å². The summed E-state index contributed by atoms with van der Waals surface area (Å²) in [6.07, 6.45) is -3.28. The molecule has 33 heavy (non-hydrogen) atoms. The molecule has 3 aromatic rings. The zero-order chi connectivity index (χ0) is 23.4. The molecular weight excluding hydrogens is 431 g/mol. The van der Waals surface area contributed by atoms with Gasteiger partial charge >= 0.3 is 12.1 Å². The van der Waals surface area contributed by atoms with Crippen molar-refractivity contribution < 1.29 is 27.4 Å². The average molecular weight is 455 g/mol. The van der Waals surface area contributed by atoms with Gasteiger partial charge in [-0.25, -0.2) is 4.79 Å². The van der Waals surface area contributed by atoms with Crippen LogP contribution in [0.4, 0.5) is 13.2 Å². The van der Waals surface area contributed by atoms with Gasteiger partial charge in [0.25, 0.3) is 0 Å². The fraction of sp³-hybridized carbons (Fsp3) is 0.269. The number of para-hydroxylation sites is 1. The number of esters is 1. The van der Waals surface area contributed by atoms with Crippen LogP contribution in [0.3, 0.4) is 0 Å². The maximum atomic E-state index is 14.2. The van der Waals surface area contributed by atoms with Crippen LogP contribution in [0.5, 0.6) is 11.5 Å². The molecule has 3 aromatic carbocycles. The molecule has 1 N–H and O–H groups in total. The van der Waals surface area contributed by atoms with Crippen molar-refractivity contribution in [2.45, 2.75) is 38.6 Å². The van der Waals surface area contributed by atoms with Crippen LogP contribution in [0, 0.1) is 6.92 Å². The number of ether oxygens (including phenoxy) is 2. The minimum atomic E-state index is -4.64. The predicted molar refractivity (Wildman–Crippen MR) is 118 cm³/mol. The molecule has 4 rings (SSSR count). The van der Waals surface area contributed by atoms with Crippen LogP contribution < -0.4 is 14.8 Å². The molecule has 7 heteroatoms. The summed E-state index contributed by atoms with van der Waals surface area (Å²) in [5.74, 6) is -0.571. The zero-order valence-electron chi connectivity index (χ0n) is 18.1. The minimum absolute atomic E-state index is 0.0778. The molecule has 1 atom stereocenters. The van der Waals surface area contributed by atoms with E-state index >= 15 is 0 Å². The van der Waals surface area contributed by atoms with Crippen LogP contribution in [0.25, 0.3) is 0 Å². The van der Waals surface area contributed by atoms with Gasteiger partial charge in [0.1, 0.15) is 23.7 Å². The molecule has 172 valence electrons. The smallest absolute Gasteiger partial charge is 0.417 e. The van der Waals surface area contributed by atoms with Crippen molar-refractivity contribution in [3.05, 3.63) is 94.5 Å². The van der Waals surface area contributed by atoms with Crippen molar-refractivity contribution in [1.29, 1.82) is 0 Å². The molecular formula is C26H24F3NO3. The average Bonchev–Trinajstić information content (AvgIpc) is 3.32. The fourth-order valence-electron chi connectivity index (χ4n) is 4.16. The summed E-state index contributed by atoms with van der Waals surface area (Å²) < 4.78 is 53.9. The van der Waals surface area contributed by atoms with Gasteiger partial charge in [0.15, 0.2) is 0 Å². The van der Waals surface area contributed by atoms with E-state index in [1.807, 2.05) is 30.3 Å². The van der Waals surface area contributed by atoms with Gasteiger partial charge in [0.2, 0.25) is 0 Å². The summed E-state index contributed by atoms with van der Waals surface area (Å²) in [7, 11) is 0. The molecule has 0 bridgehead atoms. The van der Waals surface area contributed by atoms with Crippen molar-refractivity contribution in [2.24, 2.45) is 0 Å². The summed E-state index contributed by atoms with van der Waals surface area (Å²) in [6.45, 7) is 2.05. The summed E-state index contributed by atoms with van der Waals surface area (Å²) in [5.41, 5.74) is -0.301. The molecule has 1 saturated heterocycles. The Morgan fingerprint density at radius 1 is 1.06 bits per heavy atom. The zero-order valence-corrected chi connectivity index (χ0v) is 18.1. The molecule has 1 aliphatic heterocycles. The molecule has 1 heterocycles. The lowest BCUT2D eigenvalue weighted by Gasteiger charge is -2.24. The Bertz CT molecular complexity index is 1110. The van der Waals surface area contributed by atoms with Gasteiger partial charge in [-0.15, -0.1) is 0 Å². The van der Waals surface area contributed by atoms with E-state index in [1.165, 1.54) is 13.0 Å². The SMILES string of the molecule is Cc1c(C(=O)Oc2ccccc2)c(OCc2ccccc2)cc(C2CCCN2)c1C(F)(F)F. The van der Waals surface area contributed by atoms with Crippen LogP contribution in [0.1, 0.15) is 51.5 Å². The largest absolute Gasteiger partial charge is 0.488 e. The van der Waals surface area contributed by atoms with Crippen molar-refractivity contribution in [3.63, 3.8) is 0 Å². The number of hydrogen-bond acceptors (Lipinski definition) is 4. The van der Waals surface area contributed by atoms with Crippen molar-refractivity contribution >= 4 is 5.97 Å². The molecule has 1 fully saturated rings. The number of halogens is 3. The van der Waals surface area contributed by atoms with E-state index in [4.69, 9.17) is 9.47 Å². The maximum absolute atomic E-state index is 14.2. The highest BCUT2D eigenvalue weighted by Crippen LogP contribution is 2.43. The highest BCUT2D eigenvalue weighted by molar-refractivity contribution is 5.96. The topological polar surface area (TPSA) is 47.6 Å². The van der Waals surface area contributed by atoms with E-state index in [9.17, 15) is 18.0 Å². The third-order valence-corrected chi connectivity index (χ3v) is 5.69. The second kappa shape index (κ2) is 9.67. The second-order valence-corrected chi connectivity index (χ2v) is 7.96. The molecule has 1 unspecified atom stereocenters. The number of benzene rings is 3. The van der Waals surface area contributed by atoms with Crippen LogP contribution in [-0.4, -0.2) is 12.5 Å². The van der Waals surface area contributed by atoms with Gasteiger partial charge in [-0.3, -0.25) is 0 Å². The Balaban J connectivity index is 1.80. The first kappa shape index (κ1) is 22.9. The molecule has 0 radical (unpaired) electrons. The lowest BCUT2D eigenvalue weighted by atomic mass is 9.90. The number of nitrogens with one attached hydrogen (secondary N) is 1. The normalized spacial score (nSPS) is 15.9. The van der Waals surface area contributed by atoms with Crippen LogP contribution >= 0.6 is 0 Å². The van der Waals surface area contributed by atoms with E-state index in [-0.39, 0.29) is 34.8 Å². The quantitative estimate of drug-likeness (QED) is 0.353. The number of rotatable bonds is 6. The van der Waals surface area contributed by atoms with Crippen molar-refractivity contribution in [1.82, 2.24) is 5.32 Å². The van der Waals surface area contributed by atoms with Crippen LogP contribution in [0.2, 0.25) is 0 Å². The summed E-state index contributed by atoms with van der Waals surface area (Å²) in [5, 5.41) is 3.13. The van der Waals surface area contributed by atoms with Gasteiger partial charge in [-0.2, -0.15) is 13.2 Å². The van der Waals surface area contributed by atoms with Gasteiger partial charge in [-0.05, 0) is 61.2 Å². The molecule has 0 saturated carbocycles. The maximum Gasteiger partial charge on any atom is 0.417 e.